The van der Waals surface area contributed by atoms with E-state index >= 15 is 0 Å². The molecule has 1 amide bonds. The lowest BCUT2D eigenvalue weighted by Gasteiger charge is -2.32. The summed E-state index contributed by atoms with van der Waals surface area (Å²) in [6.45, 7) is 1.57. The molecule has 0 radical (unpaired) electrons. The van der Waals surface area contributed by atoms with Gasteiger partial charge in [0.05, 0.1) is 11.9 Å². The number of carbonyl (C=O) groups is 1. The first-order chi connectivity index (χ1) is 12.1. The SMILES string of the molecule is CN1CCCC[C@H]1CCC(=O)NCc1cnn(-c2cccc(F)c2)c1. The van der Waals surface area contributed by atoms with E-state index in [1.165, 1.54) is 31.4 Å². The van der Waals surface area contributed by atoms with Crippen molar-refractivity contribution in [2.75, 3.05) is 13.6 Å². The van der Waals surface area contributed by atoms with E-state index in [1.54, 1.807) is 23.0 Å². The van der Waals surface area contributed by atoms with Gasteiger partial charge < -0.3 is 10.2 Å². The topological polar surface area (TPSA) is 50.2 Å². The molecule has 6 heteroatoms. The van der Waals surface area contributed by atoms with E-state index in [0.717, 1.165) is 18.5 Å². The van der Waals surface area contributed by atoms with Crippen LogP contribution in [-0.4, -0.2) is 40.2 Å². The number of piperidine rings is 1. The first-order valence-corrected chi connectivity index (χ1v) is 8.88. The predicted octanol–water partition coefficient (Wildman–Crippen LogP) is 2.89. The molecule has 1 fully saturated rings. The summed E-state index contributed by atoms with van der Waals surface area (Å²) in [6.07, 6.45) is 8.66. The molecule has 0 bridgehead atoms. The summed E-state index contributed by atoms with van der Waals surface area (Å²) in [7, 11) is 2.14. The molecule has 2 aromatic rings. The number of hydrogen-bond acceptors (Lipinski definition) is 3. The fourth-order valence-electron chi connectivity index (χ4n) is 3.31. The minimum absolute atomic E-state index is 0.0671. The molecule has 1 aliphatic heterocycles. The van der Waals surface area contributed by atoms with Gasteiger partial charge in [-0.25, -0.2) is 9.07 Å². The summed E-state index contributed by atoms with van der Waals surface area (Å²) in [5, 5.41) is 7.17. The van der Waals surface area contributed by atoms with Gasteiger partial charge in [0.1, 0.15) is 5.82 Å². The quantitative estimate of drug-likeness (QED) is 0.877. The number of hydrogen-bond donors (Lipinski definition) is 1. The summed E-state index contributed by atoms with van der Waals surface area (Å²) in [5.74, 6) is -0.229. The van der Waals surface area contributed by atoms with Crippen molar-refractivity contribution in [1.82, 2.24) is 20.0 Å². The molecule has 5 nitrogen and oxygen atoms in total. The van der Waals surface area contributed by atoms with Gasteiger partial charge in [-0.05, 0) is 51.1 Å². The molecular formula is C19H25FN4O. The highest BCUT2D eigenvalue weighted by Crippen LogP contribution is 2.19. The van der Waals surface area contributed by atoms with Crippen LogP contribution in [0.15, 0.2) is 36.7 Å². The Morgan fingerprint density at radius 1 is 1.40 bits per heavy atom. The highest BCUT2D eigenvalue weighted by atomic mass is 19.1. The third-order valence-corrected chi connectivity index (χ3v) is 4.82. The minimum Gasteiger partial charge on any atom is -0.352 e. The Morgan fingerprint density at radius 2 is 2.28 bits per heavy atom. The summed E-state index contributed by atoms with van der Waals surface area (Å²) < 4.78 is 14.9. The molecule has 2 heterocycles. The molecule has 1 atom stereocenters. The Balaban J connectivity index is 1.46. The Hall–Kier alpha value is -2.21. The fourth-order valence-corrected chi connectivity index (χ4v) is 3.31. The van der Waals surface area contributed by atoms with Crippen molar-refractivity contribution in [3.63, 3.8) is 0 Å². The second-order valence-corrected chi connectivity index (χ2v) is 6.72. The number of nitrogens with zero attached hydrogens (tertiary/aromatic N) is 3. The molecule has 3 rings (SSSR count). The summed E-state index contributed by atoms with van der Waals surface area (Å²) in [4.78, 5) is 14.4. The zero-order valence-corrected chi connectivity index (χ0v) is 14.6. The summed E-state index contributed by atoms with van der Waals surface area (Å²) in [6, 6.07) is 6.79. The van der Waals surface area contributed by atoms with E-state index in [4.69, 9.17) is 0 Å². The van der Waals surface area contributed by atoms with E-state index in [9.17, 15) is 9.18 Å². The van der Waals surface area contributed by atoms with Gasteiger partial charge >= 0.3 is 0 Å². The van der Waals surface area contributed by atoms with Crippen LogP contribution in [0.5, 0.6) is 0 Å². The summed E-state index contributed by atoms with van der Waals surface area (Å²) in [5.41, 5.74) is 1.56. The largest absolute Gasteiger partial charge is 0.352 e. The second-order valence-electron chi connectivity index (χ2n) is 6.72. The number of aromatic nitrogens is 2. The Bertz CT molecular complexity index is 715. The number of likely N-dealkylation sites (tertiary alicyclic amines) is 1. The van der Waals surface area contributed by atoms with Gasteiger partial charge in [-0.15, -0.1) is 0 Å². The van der Waals surface area contributed by atoms with Crippen molar-refractivity contribution in [3.05, 3.63) is 48.0 Å². The number of rotatable bonds is 6. The number of benzene rings is 1. The van der Waals surface area contributed by atoms with E-state index < -0.39 is 0 Å². The third kappa shape index (κ3) is 4.89. The molecule has 25 heavy (non-hydrogen) atoms. The first-order valence-electron chi connectivity index (χ1n) is 8.88. The Kier molecular flexibility index (Phi) is 5.81. The first kappa shape index (κ1) is 17.6. The molecule has 0 spiro atoms. The monoisotopic (exact) mass is 344 g/mol. The van der Waals surface area contributed by atoms with Crippen LogP contribution in [0.1, 0.15) is 37.7 Å². The smallest absolute Gasteiger partial charge is 0.220 e. The van der Waals surface area contributed by atoms with Crippen LogP contribution in [0, 0.1) is 5.82 Å². The van der Waals surface area contributed by atoms with Crippen molar-refractivity contribution in [2.24, 2.45) is 0 Å². The number of carbonyl (C=O) groups excluding carboxylic acids is 1. The van der Waals surface area contributed by atoms with Gasteiger partial charge in [0, 0.05) is 30.8 Å². The zero-order valence-electron chi connectivity index (χ0n) is 14.6. The summed E-state index contributed by atoms with van der Waals surface area (Å²) >= 11 is 0. The molecule has 1 aromatic heterocycles. The molecule has 134 valence electrons. The second kappa shape index (κ2) is 8.25. The maximum absolute atomic E-state index is 13.3. The van der Waals surface area contributed by atoms with E-state index in [2.05, 4.69) is 22.4 Å². The van der Waals surface area contributed by atoms with Gasteiger partial charge in [0.25, 0.3) is 0 Å². The molecule has 1 aromatic carbocycles. The van der Waals surface area contributed by atoms with Crippen LogP contribution in [0.2, 0.25) is 0 Å². The van der Waals surface area contributed by atoms with Crippen LogP contribution in [0.4, 0.5) is 4.39 Å². The average Bonchev–Trinajstić information content (AvgIpc) is 3.08. The molecule has 1 aliphatic rings. The van der Waals surface area contributed by atoms with Crippen LogP contribution in [0.25, 0.3) is 5.69 Å². The Morgan fingerprint density at radius 3 is 3.08 bits per heavy atom. The highest BCUT2D eigenvalue weighted by molar-refractivity contribution is 5.75. The molecule has 1 saturated heterocycles. The molecule has 0 aliphatic carbocycles. The van der Waals surface area contributed by atoms with Gasteiger partial charge in [0.15, 0.2) is 0 Å². The van der Waals surface area contributed by atoms with Crippen molar-refractivity contribution in [2.45, 2.75) is 44.7 Å². The average molecular weight is 344 g/mol. The maximum atomic E-state index is 13.3. The lowest BCUT2D eigenvalue weighted by atomic mass is 9.98. The van der Waals surface area contributed by atoms with E-state index in [1.807, 2.05) is 6.20 Å². The maximum Gasteiger partial charge on any atom is 0.220 e. The van der Waals surface area contributed by atoms with Crippen LogP contribution in [0.3, 0.4) is 0 Å². The van der Waals surface area contributed by atoms with E-state index in [-0.39, 0.29) is 11.7 Å². The van der Waals surface area contributed by atoms with Gasteiger partial charge in [-0.3, -0.25) is 4.79 Å². The zero-order chi connectivity index (χ0) is 17.6. The number of halogens is 1. The van der Waals surface area contributed by atoms with Crippen molar-refractivity contribution in [3.8, 4) is 5.69 Å². The van der Waals surface area contributed by atoms with Crippen molar-refractivity contribution < 1.29 is 9.18 Å². The van der Waals surface area contributed by atoms with Crippen molar-refractivity contribution in [1.29, 1.82) is 0 Å². The van der Waals surface area contributed by atoms with E-state index in [0.29, 0.717) is 24.7 Å². The lowest BCUT2D eigenvalue weighted by molar-refractivity contribution is -0.121. The molecular weight excluding hydrogens is 319 g/mol. The normalized spacial score (nSPS) is 18.2. The molecule has 0 unspecified atom stereocenters. The van der Waals surface area contributed by atoms with Crippen LogP contribution >= 0.6 is 0 Å². The Labute approximate surface area is 147 Å². The number of amides is 1. The standard InChI is InChI=1S/C19H25FN4O/c1-23-10-3-2-6-17(23)8-9-19(25)21-12-15-13-22-24(14-15)18-7-4-5-16(20)11-18/h4-5,7,11,13-14,17H,2-3,6,8-10,12H2,1H3,(H,21,25)/t17-/m0/s1. The number of nitrogens with one attached hydrogen (secondary N) is 1. The highest BCUT2D eigenvalue weighted by Gasteiger charge is 2.19. The van der Waals surface area contributed by atoms with Gasteiger partial charge in [-0.2, -0.15) is 5.10 Å². The third-order valence-electron chi connectivity index (χ3n) is 4.82. The van der Waals surface area contributed by atoms with Gasteiger partial charge in [0.2, 0.25) is 5.91 Å². The van der Waals surface area contributed by atoms with Crippen LogP contribution in [-0.2, 0) is 11.3 Å². The molecule has 1 N–H and O–H groups in total. The molecule has 0 saturated carbocycles. The fraction of sp³-hybridized carbons (Fsp3) is 0.474. The minimum atomic E-state index is -0.296. The predicted molar refractivity (Wildman–Crippen MR) is 94.9 cm³/mol. The lowest BCUT2D eigenvalue weighted by Crippen LogP contribution is -2.37. The van der Waals surface area contributed by atoms with Crippen LogP contribution < -0.4 is 5.32 Å². The van der Waals surface area contributed by atoms with Crippen molar-refractivity contribution >= 4 is 5.91 Å². The van der Waals surface area contributed by atoms with Gasteiger partial charge in [-0.1, -0.05) is 12.5 Å².